The Labute approximate surface area is 112 Å². The molecule has 3 rings (SSSR count). The lowest BCUT2D eigenvalue weighted by Gasteiger charge is -1.91. The van der Waals surface area contributed by atoms with Crippen LogP contribution < -0.4 is 0 Å². The third kappa shape index (κ3) is 1.98. The Morgan fingerprint density at radius 2 is 2.28 bits per heavy atom. The van der Waals surface area contributed by atoms with Gasteiger partial charge in [0.25, 0.3) is 10.7 Å². The minimum atomic E-state index is 0.261. The molecule has 0 unspecified atom stereocenters. The molecule has 90 valence electrons. The molecule has 7 heteroatoms. The number of aromatic amines is 1. The fourth-order valence-corrected chi connectivity index (χ4v) is 2.61. The van der Waals surface area contributed by atoms with Crippen LogP contribution in [0.3, 0.4) is 0 Å². The molecule has 0 saturated carbocycles. The van der Waals surface area contributed by atoms with Gasteiger partial charge in [-0.2, -0.15) is 0 Å². The van der Waals surface area contributed by atoms with E-state index in [0.29, 0.717) is 5.89 Å². The summed E-state index contributed by atoms with van der Waals surface area (Å²) in [5, 5.41) is 7.45. The molecule has 1 N–H and O–H groups in total. The van der Waals surface area contributed by atoms with E-state index in [1.807, 2.05) is 25.1 Å². The Hall–Kier alpha value is -1.86. The van der Waals surface area contributed by atoms with Crippen molar-refractivity contribution in [2.24, 2.45) is 0 Å². The molecule has 0 radical (unpaired) electrons. The Morgan fingerprint density at radius 1 is 1.39 bits per heavy atom. The maximum Gasteiger partial charge on any atom is 0.284 e. The molecule has 3 heterocycles. The summed E-state index contributed by atoms with van der Waals surface area (Å²) in [6, 6.07) is 5.72. The lowest BCUT2D eigenvalue weighted by atomic mass is 10.3. The second kappa shape index (κ2) is 4.43. The molecule has 0 aliphatic carbocycles. The molecular formula is C11H8N4OS2. The van der Waals surface area contributed by atoms with E-state index >= 15 is 0 Å². The summed E-state index contributed by atoms with van der Waals surface area (Å²) in [5.41, 5.74) is 1.69. The number of aromatic nitrogens is 4. The van der Waals surface area contributed by atoms with Crippen LogP contribution in [-0.4, -0.2) is 20.2 Å². The van der Waals surface area contributed by atoms with Crippen LogP contribution in [0.25, 0.3) is 21.5 Å². The number of aryl methyl sites for hydroxylation is 1. The average molecular weight is 276 g/mol. The van der Waals surface area contributed by atoms with E-state index in [1.165, 1.54) is 11.3 Å². The minimum Gasteiger partial charge on any atom is -0.408 e. The molecule has 0 aromatic carbocycles. The molecule has 0 aliphatic heterocycles. The Balaban J connectivity index is 2.09. The van der Waals surface area contributed by atoms with E-state index in [9.17, 15) is 0 Å². The van der Waals surface area contributed by atoms with Gasteiger partial charge in [0.2, 0.25) is 0 Å². The van der Waals surface area contributed by atoms with E-state index in [2.05, 4.69) is 20.2 Å². The van der Waals surface area contributed by atoms with Gasteiger partial charge >= 0.3 is 0 Å². The lowest BCUT2D eigenvalue weighted by molar-refractivity contribution is 0.553. The summed E-state index contributed by atoms with van der Waals surface area (Å²) in [4.78, 5) is 9.87. The highest BCUT2D eigenvalue weighted by Gasteiger charge is 2.15. The van der Waals surface area contributed by atoms with Crippen LogP contribution in [0.4, 0.5) is 0 Å². The molecule has 0 bridgehead atoms. The maximum absolute atomic E-state index is 5.30. The Bertz CT molecular complexity index is 729. The van der Waals surface area contributed by atoms with Gasteiger partial charge in [-0.25, -0.2) is 10.1 Å². The van der Waals surface area contributed by atoms with E-state index in [1.54, 1.807) is 6.20 Å². The number of thiazole rings is 1. The molecule has 0 aliphatic rings. The van der Waals surface area contributed by atoms with Crippen molar-refractivity contribution in [1.82, 2.24) is 20.2 Å². The van der Waals surface area contributed by atoms with Crippen molar-refractivity contribution in [1.29, 1.82) is 0 Å². The van der Waals surface area contributed by atoms with Crippen LogP contribution in [-0.2, 0) is 0 Å². The van der Waals surface area contributed by atoms with E-state index in [-0.39, 0.29) is 4.84 Å². The van der Waals surface area contributed by atoms with Crippen LogP contribution >= 0.6 is 23.6 Å². The Morgan fingerprint density at radius 3 is 2.94 bits per heavy atom. The van der Waals surface area contributed by atoms with Gasteiger partial charge in [0, 0.05) is 6.20 Å². The van der Waals surface area contributed by atoms with Gasteiger partial charge in [-0.15, -0.1) is 16.4 Å². The zero-order chi connectivity index (χ0) is 12.5. The lowest BCUT2D eigenvalue weighted by Crippen LogP contribution is -1.80. The van der Waals surface area contributed by atoms with Crippen LogP contribution in [0.2, 0.25) is 0 Å². The predicted molar refractivity (Wildman–Crippen MR) is 70.8 cm³/mol. The second-order valence-corrected chi connectivity index (χ2v) is 4.94. The van der Waals surface area contributed by atoms with Gasteiger partial charge in [0.15, 0.2) is 0 Å². The number of rotatable bonds is 2. The first-order chi connectivity index (χ1) is 8.74. The van der Waals surface area contributed by atoms with Crippen molar-refractivity contribution in [2.45, 2.75) is 6.92 Å². The first-order valence-electron chi connectivity index (χ1n) is 5.19. The normalized spacial score (nSPS) is 10.7. The van der Waals surface area contributed by atoms with Crippen molar-refractivity contribution in [3.8, 4) is 21.5 Å². The molecule has 5 nitrogen and oxygen atoms in total. The largest absolute Gasteiger partial charge is 0.408 e. The molecule has 18 heavy (non-hydrogen) atoms. The first-order valence-corrected chi connectivity index (χ1v) is 6.41. The molecular weight excluding hydrogens is 268 g/mol. The molecule has 0 fully saturated rings. The topological polar surface area (TPSA) is 67.6 Å². The smallest absolute Gasteiger partial charge is 0.284 e. The number of nitrogens with zero attached hydrogens (tertiary/aromatic N) is 3. The van der Waals surface area contributed by atoms with Crippen LogP contribution in [0, 0.1) is 11.8 Å². The van der Waals surface area contributed by atoms with E-state index in [0.717, 1.165) is 21.3 Å². The molecule has 0 amide bonds. The van der Waals surface area contributed by atoms with Gasteiger partial charge in [-0.1, -0.05) is 6.07 Å². The monoisotopic (exact) mass is 276 g/mol. The number of hydrogen-bond donors (Lipinski definition) is 1. The fraction of sp³-hybridized carbons (Fsp3) is 0.0909. The average Bonchev–Trinajstić information content (AvgIpc) is 2.97. The SMILES string of the molecule is Cc1nc(-c2ccccn2)sc1-c1n[nH]c(=S)o1. The van der Waals surface area contributed by atoms with Gasteiger partial charge in [0.1, 0.15) is 9.88 Å². The van der Waals surface area contributed by atoms with Crippen molar-refractivity contribution in [2.75, 3.05) is 0 Å². The minimum absolute atomic E-state index is 0.261. The summed E-state index contributed by atoms with van der Waals surface area (Å²) >= 11 is 6.35. The van der Waals surface area contributed by atoms with Crippen molar-refractivity contribution in [3.05, 3.63) is 34.9 Å². The number of H-pyrrole nitrogens is 1. The third-order valence-electron chi connectivity index (χ3n) is 2.31. The quantitative estimate of drug-likeness (QED) is 0.728. The van der Waals surface area contributed by atoms with E-state index in [4.69, 9.17) is 16.6 Å². The highest BCUT2D eigenvalue weighted by Crippen LogP contribution is 2.33. The van der Waals surface area contributed by atoms with Gasteiger partial charge in [-0.05, 0) is 31.3 Å². The third-order valence-corrected chi connectivity index (χ3v) is 3.66. The van der Waals surface area contributed by atoms with Crippen molar-refractivity contribution < 1.29 is 4.42 Å². The number of hydrogen-bond acceptors (Lipinski definition) is 6. The first kappa shape index (κ1) is 11.2. The maximum atomic E-state index is 5.30. The predicted octanol–water partition coefficient (Wildman–Crippen LogP) is 3.23. The summed E-state index contributed by atoms with van der Waals surface area (Å²) in [7, 11) is 0. The molecule has 0 atom stereocenters. The van der Waals surface area contributed by atoms with Gasteiger partial charge < -0.3 is 4.42 Å². The van der Waals surface area contributed by atoms with Crippen LogP contribution in [0.15, 0.2) is 28.8 Å². The van der Waals surface area contributed by atoms with Crippen molar-refractivity contribution >= 4 is 23.6 Å². The van der Waals surface area contributed by atoms with E-state index < -0.39 is 0 Å². The standard InChI is InChI=1S/C11H8N4OS2/c1-6-8(9-14-15-11(17)16-9)18-10(13-6)7-4-2-3-5-12-7/h2-5H,1H3,(H,15,17). The van der Waals surface area contributed by atoms with Gasteiger partial charge in [-0.3, -0.25) is 4.98 Å². The number of nitrogens with one attached hydrogen (secondary N) is 1. The molecule has 0 saturated heterocycles. The molecule has 3 aromatic heterocycles. The van der Waals surface area contributed by atoms with Crippen LogP contribution in [0.5, 0.6) is 0 Å². The highest BCUT2D eigenvalue weighted by molar-refractivity contribution is 7.71. The summed E-state index contributed by atoms with van der Waals surface area (Å²) in [5.74, 6) is 0.470. The summed E-state index contributed by atoms with van der Waals surface area (Å²) in [6.45, 7) is 1.91. The van der Waals surface area contributed by atoms with Gasteiger partial charge in [0.05, 0.1) is 11.4 Å². The number of pyridine rings is 1. The fourth-order valence-electron chi connectivity index (χ4n) is 1.52. The van der Waals surface area contributed by atoms with Crippen LogP contribution in [0.1, 0.15) is 5.69 Å². The second-order valence-electron chi connectivity index (χ2n) is 3.57. The molecule has 0 spiro atoms. The zero-order valence-corrected chi connectivity index (χ0v) is 11.0. The van der Waals surface area contributed by atoms with Crippen molar-refractivity contribution in [3.63, 3.8) is 0 Å². The zero-order valence-electron chi connectivity index (χ0n) is 9.38. The summed E-state index contributed by atoms with van der Waals surface area (Å²) in [6.07, 6.45) is 1.74. The molecule has 3 aromatic rings. The Kier molecular flexibility index (Phi) is 2.77. The highest BCUT2D eigenvalue weighted by atomic mass is 32.1. The summed E-state index contributed by atoms with van der Waals surface area (Å²) < 4.78 is 5.30.